The van der Waals surface area contributed by atoms with Crippen LogP contribution in [0.5, 0.6) is 0 Å². The van der Waals surface area contributed by atoms with Crippen molar-refractivity contribution >= 4 is 11.6 Å². The standard InChI is InChI=1S/C12H22N4O/c1-4-17-8-10(9(2)3)14-11-6-5-7-12(15-11)16-13/h5-7,9-10H,4,8,13H2,1-3H3,(H2,14,15,16). The van der Waals surface area contributed by atoms with E-state index in [1.54, 1.807) is 0 Å². The third-order valence-electron chi connectivity index (χ3n) is 2.54. The van der Waals surface area contributed by atoms with Crippen molar-refractivity contribution in [3.05, 3.63) is 18.2 Å². The molecule has 1 heterocycles. The van der Waals surface area contributed by atoms with Crippen molar-refractivity contribution in [2.45, 2.75) is 26.8 Å². The topological polar surface area (TPSA) is 72.2 Å². The smallest absolute Gasteiger partial charge is 0.142 e. The van der Waals surface area contributed by atoms with Crippen LogP contribution in [0, 0.1) is 5.92 Å². The fourth-order valence-electron chi connectivity index (χ4n) is 1.43. The Morgan fingerprint density at radius 3 is 2.65 bits per heavy atom. The molecule has 0 aliphatic carbocycles. The highest BCUT2D eigenvalue weighted by molar-refractivity contribution is 5.44. The monoisotopic (exact) mass is 238 g/mol. The van der Waals surface area contributed by atoms with E-state index in [9.17, 15) is 0 Å². The van der Waals surface area contributed by atoms with Gasteiger partial charge in [0.2, 0.25) is 0 Å². The van der Waals surface area contributed by atoms with E-state index in [1.807, 2.05) is 25.1 Å². The van der Waals surface area contributed by atoms with Crippen LogP contribution < -0.4 is 16.6 Å². The molecule has 1 unspecified atom stereocenters. The number of nitrogens with zero attached hydrogens (tertiary/aromatic N) is 1. The number of nitrogens with one attached hydrogen (secondary N) is 2. The minimum absolute atomic E-state index is 0.246. The number of hydrogen-bond donors (Lipinski definition) is 3. The number of hydrogen-bond acceptors (Lipinski definition) is 5. The molecule has 0 aliphatic heterocycles. The molecule has 0 spiro atoms. The Morgan fingerprint density at radius 1 is 1.35 bits per heavy atom. The first-order valence-electron chi connectivity index (χ1n) is 5.95. The summed E-state index contributed by atoms with van der Waals surface area (Å²) >= 11 is 0. The molecule has 0 amide bonds. The molecule has 0 bridgehead atoms. The van der Waals surface area contributed by atoms with Crippen molar-refractivity contribution in [2.75, 3.05) is 24.0 Å². The summed E-state index contributed by atoms with van der Waals surface area (Å²) in [7, 11) is 0. The number of anilines is 2. The Bertz CT molecular complexity index is 330. The largest absolute Gasteiger partial charge is 0.380 e. The maximum absolute atomic E-state index is 5.46. The molecule has 0 radical (unpaired) electrons. The summed E-state index contributed by atoms with van der Waals surface area (Å²) < 4.78 is 5.46. The zero-order valence-electron chi connectivity index (χ0n) is 10.7. The summed E-state index contributed by atoms with van der Waals surface area (Å²) in [5.74, 6) is 7.25. The Hall–Kier alpha value is -1.33. The van der Waals surface area contributed by atoms with Gasteiger partial charge in [0.15, 0.2) is 0 Å². The van der Waals surface area contributed by atoms with Crippen LogP contribution in [-0.4, -0.2) is 24.2 Å². The average Bonchev–Trinajstić information content (AvgIpc) is 2.34. The highest BCUT2D eigenvalue weighted by Crippen LogP contribution is 2.13. The van der Waals surface area contributed by atoms with E-state index >= 15 is 0 Å². The number of pyridine rings is 1. The van der Waals surface area contributed by atoms with Crippen LogP contribution >= 0.6 is 0 Å². The predicted molar refractivity (Wildman–Crippen MR) is 70.8 cm³/mol. The van der Waals surface area contributed by atoms with E-state index in [1.165, 1.54) is 0 Å². The number of nitrogen functional groups attached to an aromatic ring is 1. The third kappa shape index (κ3) is 4.58. The average molecular weight is 238 g/mol. The molecule has 0 aliphatic rings. The lowest BCUT2D eigenvalue weighted by Crippen LogP contribution is -2.31. The molecule has 96 valence electrons. The number of ether oxygens (including phenoxy) is 1. The van der Waals surface area contributed by atoms with Gasteiger partial charge in [0.25, 0.3) is 0 Å². The minimum atomic E-state index is 0.246. The van der Waals surface area contributed by atoms with Gasteiger partial charge in [-0.05, 0) is 25.0 Å². The van der Waals surface area contributed by atoms with Crippen molar-refractivity contribution in [3.63, 3.8) is 0 Å². The van der Waals surface area contributed by atoms with Gasteiger partial charge >= 0.3 is 0 Å². The Balaban J connectivity index is 2.64. The van der Waals surface area contributed by atoms with Gasteiger partial charge in [0.1, 0.15) is 11.6 Å². The van der Waals surface area contributed by atoms with Crippen molar-refractivity contribution in [2.24, 2.45) is 11.8 Å². The quantitative estimate of drug-likeness (QED) is 0.499. The zero-order valence-corrected chi connectivity index (χ0v) is 10.7. The fraction of sp³-hybridized carbons (Fsp3) is 0.583. The molecule has 1 aromatic rings. The number of rotatable bonds is 7. The lowest BCUT2D eigenvalue weighted by molar-refractivity contribution is 0.126. The summed E-state index contributed by atoms with van der Waals surface area (Å²) in [6.45, 7) is 7.71. The van der Waals surface area contributed by atoms with Gasteiger partial charge in [-0.1, -0.05) is 19.9 Å². The Labute approximate surface area is 103 Å². The Kier molecular flexibility index (Phi) is 5.72. The predicted octanol–water partition coefficient (Wildman–Crippen LogP) is 1.84. The first-order chi connectivity index (χ1) is 8.17. The van der Waals surface area contributed by atoms with Gasteiger partial charge in [0.05, 0.1) is 12.6 Å². The van der Waals surface area contributed by atoms with E-state index in [0.717, 1.165) is 12.4 Å². The molecule has 1 rings (SSSR count). The summed E-state index contributed by atoms with van der Waals surface area (Å²) in [6.07, 6.45) is 0. The second-order valence-corrected chi connectivity index (χ2v) is 4.21. The van der Waals surface area contributed by atoms with Crippen LogP contribution in [0.1, 0.15) is 20.8 Å². The van der Waals surface area contributed by atoms with E-state index < -0.39 is 0 Å². The fourth-order valence-corrected chi connectivity index (χ4v) is 1.43. The summed E-state index contributed by atoms with van der Waals surface area (Å²) in [5, 5.41) is 3.36. The molecular formula is C12H22N4O. The molecule has 0 saturated heterocycles. The lowest BCUT2D eigenvalue weighted by Gasteiger charge is -2.22. The first-order valence-corrected chi connectivity index (χ1v) is 5.95. The molecule has 1 atom stereocenters. The van der Waals surface area contributed by atoms with Gasteiger partial charge in [-0.25, -0.2) is 10.8 Å². The SMILES string of the molecule is CCOCC(Nc1cccc(NN)n1)C(C)C. The molecule has 17 heavy (non-hydrogen) atoms. The molecule has 0 saturated carbocycles. The van der Waals surface area contributed by atoms with Crippen LogP contribution in [-0.2, 0) is 4.74 Å². The van der Waals surface area contributed by atoms with Gasteiger partial charge in [-0.15, -0.1) is 0 Å². The van der Waals surface area contributed by atoms with Gasteiger partial charge in [-0.3, -0.25) is 0 Å². The molecule has 0 fully saturated rings. The number of aromatic nitrogens is 1. The molecular weight excluding hydrogens is 216 g/mol. The molecule has 5 nitrogen and oxygen atoms in total. The van der Waals surface area contributed by atoms with E-state index in [0.29, 0.717) is 18.3 Å². The Morgan fingerprint density at radius 2 is 2.06 bits per heavy atom. The third-order valence-corrected chi connectivity index (χ3v) is 2.54. The van der Waals surface area contributed by atoms with Crippen molar-refractivity contribution < 1.29 is 4.74 Å². The van der Waals surface area contributed by atoms with Crippen LogP contribution in [0.2, 0.25) is 0 Å². The van der Waals surface area contributed by atoms with E-state index in [4.69, 9.17) is 10.6 Å². The summed E-state index contributed by atoms with van der Waals surface area (Å²) in [5.41, 5.74) is 2.53. The van der Waals surface area contributed by atoms with Gasteiger partial charge < -0.3 is 15.5 Å². The zero-order chi connectivity index (χ0) is 12.7. The molecule has 5 heteroatoms. The highest BCUT2D eigenvalue weighted by Gasteiger charge is 2.13. The van der Waals surface area contributed by atoms with E-state index in [2.05, 4.69) is 29.6 Å². The first kappa shape index (κ1) is 13.7. The van der Waals surface area contributed by atoms with E-state index in [-0.39, 0.29) is 6.04 Å². The second kappa shape index (κ2) is 7.09. The lowest BCUT2D eigenvalue weighted by atomic mass is 10.1. The van der Waals surface area contributed by atoms with Crippen LogP contribution in [0.25, 0.3) is 0 Å². The van der Waals surface area contributed by atoms with Crippen molar-refractivity contribution in [1.82, 2.24) is 4.98 Å². The van der Waals surface area contributed by atoms with Crippen LogP contribution in [0.4, 0.5) is 11.6 Å². The number of nitrogens with two attached hydrogens (primary N) is 1. The normalized spacial score (nSPS) is 12.5. The van der Waals surface area contributed by atoms with Crippen LogP contribution in [0.15, 0.2) is 18.2 Å². The highest BCUT2D eigenvalue weighted by atomic mass is 16.5. The minimum Gasteiger partial charge on any atom is -0.380 e. The summed E-state index contributed by atoms with van der Waals surface area (Å²) in [6, 6.07) is 5.89. The maximum Gasteiger partial charge on any atom is 0.142 e. The second-order valence-electron chi connectivity index (χ2n) is 4.21. The molecule has 1 aromatic heterocycles. The molecule has 4 N–H and O–H groups in total. The maximum atomic E-state index is 5.46. The summed E-state index contributed by atoms with van der Waals surface area (Å²) in [4.78, 5) is 4.32. The van der Waals surface area contributed by atoms with Crippen molar-refractivity contribution in [1.29, 1.82) is 0 Å². The number of hydrazine groups is 1. The molecule has 0 aromatic carbocycles. The van der Waals surface area contributed by atoms with Gasteiger partial charge in [0, 0.05) is 6.61 Å². The van der Waals surface area contributed by atoms with Gasteiger partial charge in [-0.2, -0.15) is 0 Å². The van der Waals surface area contributed by atoms with Crippen molar-refractivity contribution in [3.8, 4) is 0 Å². The van der Waals surface area contributed by atoms with Crippen LogP contribution in [0.3, 0.4) is 0 Å².